The molecule has 24 heavy (non-hydrogen) atoms. The average Bonchev–Trinajstić information content (AvgIpc) is 2.78. The molecule has 0 radical (unpaired) electrons. The first kappa shape index (κ1) is 18.4. The van der Waals surface area contributed by atoms with Crippen molar-refractivity contribution in [3.8, 4) is 11.4 Å². The summed E-state index contributed by atoms with van der Waals surface area (Å²) in [6.45, 7) is 3.42. The van der Waals surface area contributed by atoms with Crippen LogP contribution in [0.5, 0.6) is 5.75 Å². The lowest BCUT2D eigenvalue weighted by Crippen LogP contribution is -2.17. The van der Waals surface area contributed by atoms with E-state index in [1.165, 1.54) is 10.9 Å². The fourth-order valence-corrected chi connectivity index (χ4v) is 2.61. The van der Waals surface area contributed by atoms with Gasteiger partial charge < -0.3 is 9.47 Å². The van der Waals surface area contributed by atoms with E-state index in [0.29, 0.717) is 5.69 Å². The largest absolute Gasteiger partial charge is 0.573 e. The first-order valence-corrected chi connectivity index (χ1v) is 7.36. The number of hydrogen-bond donors (Lipinski definition) is 0. The average molecular weight is 383 g/mol. The Labute approximate surface area is 144 Å². The summed E-state index contributed by atoms with van der Waals surface area (Å²) in [7, 11) is 0. The van der Waals surface area contributed by atoms with Crippen molar-refractivity contribution in [1.29, 1.82) is 0 Å². The summed E-state index contributed by atoms with van der Waals surface area (Å²) < 4.78 is 46.8. The normalized spacial score (nSPS) is 11.5. The van der Waals surface area contributed by atoms with Gasteiger partial charge in [0.15, 0.2) is 0 Å². The Bertz CT molecular complexity index is 752. The third kappa shape index (κ3) is 3.93. The van der Waals surface area contributed by atoms with Crippen molar-refractivity contribution < 1.29 is 27.4 Å². The molecule has 0 N–H and O–H groups in total. The highest BCUT2D eigenvalue weighted by atomic mass is 35.5. The fraction of sp³-hybridized carbons (Fsp3) is 0.286. The molecule has 0 amide bonds. The zero-order valence-electron chi connectivity index (χ0n) is 12.4. The second-order valence-electron chi connectivity index (χ2n) is 4.56. The van der Waals surface area contributed by atoms with Gasteiger partial charge in [-0.1, -0.05) is 23.2 Å². The number of carbonyl (C=O) groups is 1. The summed E-state index contributed by atoms with van der Waals surface area (Å²) in [5.41, 5.74) is 0.697. The third-order valence-electron chi connectivity index (χ3n) is 2.94. The van der Waals surface area contributed by atoms with Gasteiger partial charge in [-0.2, -0.15) is 5.10 Å². The van der Waals surface area contributed by atoms with Crippen LogP contribution >= 0.6 is 23.2 Å². The molecule has 1 aromatic carbocycles. The Balaban J connectivity index is 2.45. The molecule has 0 saturated carbocycles. The molecule has 1 heterocycles. The van der Waals surface area contributed by atoms with Gasteiger partial charge in [0.1, 0.15) is 17.0 Å². The maximum Gasteiger partial charge on any atom is 0.573 e. The van der Waals surface area contributed by atoms with Crippen molar-refractivity contribution in [2.75, 3.05) is 6.61 Å². The van der Waals surface area contributed by atoms with E-state index in [9.17, 15) is 18.0 Å². The Kier molecular flexibility index (Phi) is 5.29. The molecular weight excluding hydrogens is 372 g/mol. The monoisotopic (exact) mass is 382 g/mol. The molecule has 130 valence electrons. The van der Waals surface area contributed by atoms with Gasteiger partial charge in [-0.25, -0.2) is 9.48 Å². The Morgan fingerprint density at radius 1 is 1.29 bits per heavy atom. The highest BCUT2D eigenvalue weighted by Crippen LogP contribution is 2.36. The topological polar surface area (TPSA) is 53.3 Å². The SMILES string of the molecule is CCOC(=O)c1cnn(-c2c(Cl)cc(OC(F)(F)F)cc2Cl)c1C. The van der Waals surface area contributed by atoms with Gasteiger partial charge in [-0.3, -0.25) is 0 Å². The van der Waals surface area contributed by atoms with E-state index < -0.39 is 18.1 Å². The van der Waals surface area contributed by atoms with Gasteiger partial charge >= 0.3 is 12.3 Å². The van der Waals surface area contributed by atoms with Crippen LogP contribution < -0.4 is 4.74 Å². The predicted molar refractivity (Wildman–Crippen MR) is 81.0 cm³/mol. The van der Waals surface area contributed by atoms with Crippen LogP contribution in [-0.2, 0) is 4.74 Å². The molecule has 0 fully saturated rings. The predicted octanol–water partition coefficient (Wildman–Crippen LogP) is 4.56. The van der Waals surface area contributed by atoms with Crippen molar-refractivity contribution in [3.05, 3.63) is 39.6 Å². The van der Waals surface area contributed by atoms with E-state index in [-0.39, 0.29) is 27.9 Å². The first-order chi connectivity index (χ1) is 11.1. The van der Waals surface area contributed by atoms with E-state index >= 15 is 0 Å². The number of halogens is 5. The van der Waals surface area contributed by atoms with Crippen LogP contribution in [0.4, 0.5) is 13.2 Å². The molecular formula is C14H11Cl2F3N2O3. The van der Waals surface area contributed by atoms with E-state index in [4.69, 9.17) is 27.9 Å². The van der Waals surface area contributed by atoms with Crippen LogP contribution in [-0.4, -0.2) is 28.7 Å². The molecule has 0 aliphatic heterocycles. The molecule has 2 rings (SSSR count). The molecule has 0 aliphatic rings. The fourth-order valence-electron chi connectivity index (χ4n) is 1.98. The third-order valence-corrected chi connectivity index (χ3v) is 3.52. The molecule has 2 aromatic rings. The lowest BCUT2D eigenvalue weighted by Gasteiger charge is -2.13. The molecule has 0 atom stereocenters. The molecule has 1 aromatic heterocycles. The van der Waals surface area contributed by atoms with Gasteiger partial charge in [0.2, 0.25) is 0 Å². The zero-order valence-corrected chi connectivity index (χ0v) is 14.0. The lowest BCUT2D eigenvalue weighted by atomic mass is 10.2. The molecule has 0 unspecified atom stereocenters. The number of carbonyl (C=O) groups excluding carboxylic acids is 1. The Hall–Kier alpha value is -1.93. The molecule has 0 aliphatic carbocycles. The maximum atomic E-state index is 12.3. The summed E-state index contributed by atoms with van der Waals surface area (Å²) in [6, 6.07) is 1.92. The van der Waals surface area contributed by atoms with Gasteiger partial charge in [-0.15, -0.1) is 13.2 Å². The van der Waals surface area contributed by atoms with Gasteiger partial charge in [0, 0.05) is 12.1 Å². The van der Waals surface area contributed by atoms with Crippen molar-refractivity contribution in [3.63, 3.8) is 0 Å². The van der Waals surface area contributed by atoms with Crippen LogP contribution in [0.2, 0.25) is 10.0 Å². The van der Waals surface area contributed by atoms with Gasteiger partial charge in [0.25, 0.3) is 0 Å². The standard InChI is InChI=1S/C14H11Cl2F3N2O3/c1-3-23-13(22)9-6-20-21(7(9)2)12-10(15)4-8(5-11(12)16)24-14(17,18)19/h4-6H,3H2,1-2H3. The summed E-state index contributed by atoms with van der Waals surface area (Å²) in [5.74, 6) is -1.14. The smallest absolute Gasteiger partial charge is 0.462 e. The van der Waals surface area contributed by atoms with E-state index in [1.54, 1.807) is 13.8 Å². The first-order valence-electron chi connectivity index (χ1n) is 6.61. The number of nitrogens with zero attached hydrogens (tertiary/aromatic N) is 2. The Morgan fingerprint density at radius 2 is 1.88 bits per heavy atom. The number of ether oxygens (including phenoxy) is 2. The number of alkyl halides is 3. The van der Waals surface area contributed by atoms with Crippen molar-refractivity contribution in [2.24, 2.45) is 0 Å². The zero-order chi connectivity index (χ0) is 18.1. The van der Waals surface area contributed by atoms with Crippen LogP contribution in [0.1, 0.15) is 23.0 Å². The van der Waals surface area contributed by atoms with Crippen LogP contribution in [0.3, 0.4) is 0 Å². The molecule has 10 heteroatoms. The lowest BCUT2D eigenvalue weighted by molar-refractivity contribution is -0.274. The van der Waals surface area contributed by atoms with Gasteiger partial charge in [-0.05, 0) is 13.8 Å². The minimum absolute atomic E-state index is 0.122. The summed E-state index contributed by atoms with van der Waals surface area (Å²) in [5, 5.41) is 3.76. The highest BCUT2D eigenvalue weighted by Gasteiger charge is 2.32. The maximum absolute atomic E-state index is 12.3. The number of benzene rings is 1. The summed E-state index contributed by atoms with van der Waals surface area (Å²) in [6.07, 6.45) is -3.60. The second-order valence-corrected chi connectivity index (χ2v) is 5.37. The Morgan fingerprint density at radius 3 is 2.38 bits per heavy atom. The summed E-state index contributed by atoms with van der Waals surface area (Å²) in [4.78, 5) is 11.8. The van der Waals surface area contributed by atoms with E-state index in [0.717, 1.165) is 12.1 Å². The minimum Gasteiger partial charge on any atom is -0.462 e. The molecule has 0 bridgehead atoms. The quantitative estimate of drug-likeness (QED) is 0.727. The van der Waals surface area contributed by atoms with E-state index in [1.807, 2.05) is 0 Å². The molecule has 0 spiro atoms. The van der Waals surface area contributed by atoms with Gasteiger partial charge in [0.05, 0.1) is 28.5 Å². The van der Waals surface area contributed by atoms with Crippen molar-refractivity contribution in [1.82, 2.24) is 9.78 Å². The number of rotatable bonds is 4. The summed E-state index contributed by atoms with van der Waals surface area (Å²) >= 11 is 12.0. The van der Waals surface area contributed by atoms with Crippen molar-refractivity contribution in [2.45, 2.75) is 20.2 Å². The van der Waals surface area contributed by atoms with Crippen LogP contribution in [0, 0.1) is 6.92 Å². The highest BCUT2D eigenvalue weighted by molar-refractivity contribution is 6.38. The van der Waals surface area contributed by atoms with E-state index in [2.05, 4.69) is 9.84 Å². The minimum atomic E-state index is -4.87. The number of aromatic nitrogens is 2. The van der Waals surface area contributed by atoms with Crippen LogP contribution in [0.15, 0.2) is 18.3 Å². The molecule has 0 saturated heterocycles. The molecule has 5 nitrogen and oxygen atoms in total. The number of hydrogen-bond acceptors (Lipinski definition) is 4. The number of esters is 1. The van der Waals surface area contributed by atoms with Crippen molar-refractivity contribution >= 4 is 29.2 Å². The van der Waals surface area contributed by atoms with Crippen LogP contribution in [0.25, 0.3) is 5.69 Å². The second kappa shape index (κ2) is 6.90.